The summed E-state index contributed by atoms with van der Waals surface area (Å²) < 4.78 is 5.27. The van der Waals surface area contributed by atoms with Gasteiger partial charge in [0, 0.05) is 13.1 Å². The van der Waals surface area contributed by atoms with E-state index < -0.39 is 4.92 Å². The molecule has 0 saturated carbocycles. The van der Waals surface area contributed by atoms with Crippen molar-refractivity contribution in [3.8, 4) is 5.75 Å². The van der Waals surface area contributed by atoms with Crippen molar-refractivity contribution >= 4 is 11.4 Å². The minimum absolute atomic E-state index is 0.0675. The Bertz CT molecular complexity index is 423. The number of aliphatic hydroxyl groups excluding tert-OH is 1. The number of anilines is 1. The fourth-order valence-corrected chi connectivity index (χ4v) is 1.61. The van der Waals surface area contributed by atoms with E-state index in [0.717, 1.165) is 0 Å². The summed E-state index contributed by atoms with van der Waals surface area (Å²) in [5.74, 6) is 0.247. The number of aliphatic hydroxyl groups is 1. The number of benzene rings is 1. The summed E-state index contributed by atoms with van der Waals surface area (Å²) in [5.41, 5.74) is 0.370. The first-order valence-electron chi connectivity index (χ1n) is 5.76. The van der Waals surface area contributed by atoms with Crippen LogP contribution in [0.25, 0.3) is 0 Å². The molecule has 1 N–H and O–H groups in total. The van der Waals surface area contributed by atoms with E-state index in [1.165, 1.54) is 0 Å². The van der Waals surface area contributed by atoms with Gasteiger partial charge in [-0.3, -0.25) is 10.1 Å². The Kier molecular flexibility index (Phi) is 4.91. The van der Waals surface area contributed by atoms with Crippen LogP contribution in [-0.2, 0) is 0 Å². The summed E-state index contributed by atoms with van der Waals surface area (Å²) >= 11 is 0. The van der Waals surface area contributed by atoms with Crippen LogP contribution >= 0.6 is 0 Å². The Balaban J connectivity index is 3.26. The van der Waals surface area contributed by atoms with E-state index in [0.29, 0.717) is 12.3 Å². The molecule has 0 aromatic heterocycles. The van der Waals surface area contributed by atoms with Crippen LogP contribution in [0.15, 0.2) is 18.2 Å². The van der Waals surface area contributed by atoms with Gasteiger partial charge in [0.15, 0.2) is 5.75 Å². The summed E-state index contributed by atoms with van der Waals surface area (Å²) in [6, 6.07) is 4.71. The van der Waals surface area contributed by atoms with Gasteiger partial charge in [0.2, 0.25) is 0 Å². The third-order valence-corrected chi connectivity index (χ3v) is 2.77. The minimum atomic E-state index is -0.457. The van der Waals surface area contributed by atoms with Crippen LogP contribution < -0.4 is 9.64 Å². The van der Waals surface area contributed by atoms with E-state index in [2.05, 4.69) is 0 Å². The molecule has 6 heteroatoms. The van der Waals surface area contributed by atoms with Crippen molar-refractivity contribution in [2.24, 2.45) is 0 Å². The Morgan fingerprint density at radius 2 is 2.22 bits per heavy atom. The van der Waals surface area contributed by atoms with Gasteiger partial charge in [-0.15, -0.1) is 0 Å². The van der Waals surface area contributed by atoms with Crippen LogP contribution in [0.3, 0.4) is 0 Å². The first-order valence-corrected chi connectivity index (χ1v) is 5.76. The molecule has 0 saturated heterocycles. The van der Waals surface area contributed by atoms with Gasteiger partial charge in [0.1, 0.15) is 5.69 Å². The molecule has 0 heterocycles. The topological polar surface area (TPSA) is 75.8 Å². The molecule has 100 valence electrons. The van der Waals surface area contributed by atoms with Crippen LogP contribution in [-0.4, -0.2) is 36.3 Å². The second-order valence-corrected chi connectivity index (χ2v) is 3.96. The van der Waals surface area contributed by atoms with Crippen molar-refractivity contribution in [2.45, 2.75) is 19.9 Å². The highest BCUT2D eigenvalue weighted by Crippen LogP contribution is 2.37. The molecule has 1 rings (SSSR count). The van der Waals surface area contributed by atoms with E-state index in [4.69, 9.17) is 9.84 Å². The molecule has 0 amide bonds. The third kappa shape index (κ3) is 2.89. The number of likely N-dealkylation sites (N-methyl/N-ethyl adjacent to an activating group) is 1. The van der Waals surface area contributed by atoms with Crippen molar-refractivity contribution in [2.75, 3.05) is 25.2 Å². The number of nitro benzene ring substituents is 1. The normalized spacial score (nSPS) is 12.0. The van der Waals surface area contributed by atoms with Gasteiger partial charge < -0.3 is 14.7 Å². The Morgan fingerprint density at radius 1 is 1.56 bits per heavy atom. The van der Waals surface area contributed by atoms with Gasteiger partial charge >= 0.3 is 5.69 Å². The standard InChI is InChI=1S/C12H18N2O4/c1-4-18-11-7-5-6-10(12(11)14(16)17)13(3)9(2)8-15/h5-7,9,15H,4,8H2,1-3H3. The number of ether oxygens (including phenoxy) is 1. The highest BCUT2D eigenvalue weighted by molar-refractivity contribution is 5.69. The van der Waals surface area contributed by atoms with Crippen LogP contribution in [0, 0.1) is 10.1 Å². The van der Waals surface area contributed by atoms with Crippen LogP contribution in [0.4, 0.5) is 11.4 Å². The van der Waals surface area contributed by atoms with Crippen LogP contribution in [0.2, 0.25) is 0 Å². The molecule has 1 aromatic carbocycles. The second-order valence-electron chi connectivity index (χ2n) is 3.96. The monoisotopic (exact) mass is 254 g/mol. The molecule has 0 radical (unpaired) electrons. The molecule has 0 aliphatic heterocycles. The predicted octanol–water partition coefficient (Wildman–Crippen LogP) is 1.81. The molecule has 0 spiro atoms. The largest absolute Gasteiger partial charge is 0.487 e. The first-order chi connectivity index (χ1) is 8.52. The lowest BCUT2D eigenvalue weighted by molar-refractivity contribution is -0.385. The van der Waals surface area contributed by atoms with E-state index in [9.17, 15) is 10.1 Å². The second kappa shape index (κ2) is 6.20. The van der Waals surface area contributed by atoms with Crippen molar-refractivity contribution in [1.82, 2.24) is 0 Å². The van der Waals surface area contributed by atoms with Gasteiger partial charge in [0.05, 0.1) is 18.1 Å². The third-order valence-electron chi connectivity index (χ3n) is 2.77. The van der Waals surface area contributed by atoms with Gasteiger partial charge in [-0.1, -0.05) is 6.07 Å². The molecule has 0 aliphatic rings. The maximum atomic E-state index is 11.2. The number of nitrogens with zero attached hydrogens (tertiary/aromatic N) is 2. The van der Waals surface area contributed by atoms with E-state index in [1.54, 1.807) is 44.0 Å². The first kappa shape index (κ1) is 14.2. The molecule has 1 unspecified atom stereocenters. The summed E-state index contributed by atoms with van der Waals surface area (Å²) in [7, 11) is 1.71. The highest BCUT2D eigenvalue weighted by atomic mass is 16.6. The number of rotatable bonds is 6. The minimum Gasteiger partial charge on any atom is -0.487 e. The highest BCUT2D eigenvalue weighted by Gasteiger charge is 2.25. The van der Waals surface area contributed by atoms with Crippen molar-refractivity contribution in [3.63, 3.8) is 0 Å². The molecule has 6 nitrogen and oxygen atoms in total. The molecular weight excluding hydrogens is 236 g/mol. The van der Waals surface area contributed by atoms with E-state index >= 15 is 0 Å². The van der Waals surface area contributed by atoms with E-state index in [-0.39, 0.29) is 24.1 Å². The number of nitro groups is 1. The summed E-state index contributed by atoms with van der Waals surface area (Å²) in [6.07, 6.45) is 0. The average Bonchev–Trinajstić information content (AvgIpc) is 2.36. The van der Waals surface area contributed by atoms with Crippen molar-refractivity contribution < 1.29 is 14.8 Å². The Morgan fingerprint density at radius 3 is 2.72 bits per heavy atom. The summed E-state index contributed by atoms with van der Waals surface area (Å²) in [4.78, 5) is 12.4. The van der Waals surface area contributed by atoms with Gasteiger partial charge in [-0.2, -0.15) is 0 Å². The smallest absolute Gasteiger partial charge is 0.333 e. The molecule has 0 fully saturated rings. The Labute approximate surface area is 106 Å². The number of hydrogen-bond acceptors (Lipinski definition) is 5. The molecule has 1 atom stereocenters. The molecule has 18 heavy (non-hydrogen) atoms. The zero-order chi connectivity index (χ0) is 13.7. The SMILES string of the molecule is CCOc1cccc(N(C)C(C)CO)c1[N+](=O)[O-]. The lowest BCUT2D eigenvalue weighted by atomic mass is 10.2. The van der Waals surface area contributed by atoms with Crippen LogP contribution in [0.5, 0.6) is 5.75 Å². The van der Waals surface area contributed by atoms with Crippen molar-refractivity contribution in [3.05, 3.63) is 28.3 Å². The predicted molar refractivity (Wildman–Crippen MR) is 69.2 cm³/mol. The maximum Gasteiger partial charge on any atom is 0.333 e. The molecular formula is C12H18N2O4. The number of para-hydroxylation sites is 1. The van der Waals surface area contributed by atoms with Crippen LogP contribution in [0.1, 0.15) is 13.8 Å². The lowest BCUT2D eigenvalue weighted by Crippen LogP contribution is -2.32. The molecule has 1 aromatic rings. The Hall–Kier alpha value is -1.82. The summed E-state index contributed by atoms with van der Waals surface area (Å²) in [5, 5.41) is 20.3. The number of hydrogen-bond donors (Lipinski definition) is 1. The van der Waals surface area contributed by atoms with Gasteiger partial charge in [0.25, 0.3) is 0 Å². The van der Waals surface area contributed by atoms with Crippen molar-refractivity contribution in [1.29, 1.82) is 0 Å². The fraction of sp³-hybridized carbons (Fsp3) is 0.500. The molecule has 0 aliphatic carbocycles. The molecule has 0 bridgehead atoms. The average molecular weight is 254 g/mol. The van der Waals surface area contributed by atoms with E-state index in [1.807, 2.05) is 0 Å². The fourth-order valence-electron chi connectivity index (χ4n) is 1.61. The van der Waals surface area contributed by atoms with Gasteiger partial charge in [-0.05, 0) is 26.0 Å². The summed E-state index contributed by atoms with van der Waals surface area (Å²) in [6.45, 7) is 3.85. The quantitative estimate of drug-likeness (QED) is 0.619. The maximum absolute atomic E-state index is 11.2. The van der Waals surface area contributed by atoms with Gasteiger partial charge in [-0.25, -0.2) is 0 Å². The lowest BCUT2D eigenvalue weighted by Gasteiger charge is -2.25. The zero-order valence-corrected chi connectivity index (χ0v) is 10.8. The zero-order valence-electron chi connectivity index (χ0n) is 10.8.